The third-order valence-corrected chi connectivity index (χ3v) is 4.90. The summed E-state index contributed by atoms with van der Waals surface area (Å²) in [6, 6.07) is -3.28. The standard InChI is InChI=1S/C20H36N4O5/c1-11(2)9-14(22-17(25)13(5)21)18(26)23-15(10-12(3)4)19(27)24-8-6-7-16(24)20(28)29/h11-16H,6-10,21H2,1-5H3,(H,22,25)(H,23,26)(H,28,29)/t13-,14-,15-,16-/m0/s1. The average Bonchev–Trinajstić information content (AvgIpc) is 3.08. The van der Waals surface area contributed by atoms with Gasteiger partial charge in [0.25, 0.3) is 0 Å². The van der Waals surface area contributed by atoms with Crippen molar-refractivity contribution in [2.45, 2.75) is 84.5 Å². The zero-order valence-corrected chi connectivity index (χ0v) is 18.1. The fourth-order valence-corrected chi connectivity index (χ4v) is 3.46. The Bertz CT molecular complexity index is 606. The third kappa shape index (κ3) is 7.64. The molecular weight excluding hydrogens is 376 g/mol. The minimum Gasteiger partial charge on any atom is -0.480 e. The molecule has 4 atom stereocenters. The number of carboxylic acid groups (broad SMARTS) is 1. The Hall–Kier alpha value is -2.16. The molecule has 1 heterocycles. The molecule has 0 aromatic rings. The van der Waals surface area contributed by atoms with E-state index in [1.165, 1.54) is 11.8 Å². The molecule has 1 rings (SSSR count). The van der Waals surface area contributed by atoms with Crippen LogP contribution in [0, 0.1) is 11.8 Å². The highest BCUT2D eigenvalue weighted by Gasteiger charge is 2.38. The molecule has 0 radical (unpaired) electrons. The minimum atomic E-state index is -1.03. The molecular formula is C20H36N4O5. The molecule has 1 fully saturated rings. The molecule has 29 heavy (non-hydrogen) atoms. The van der Waals surface area contributed by atoms with Crippen LogP contribution in [0.5, 0.6) is 0 Å². The fraction of sp³-hybridized carbons (Fsp3) is 0.800. The number of carboxylic acids is 1. The molecule has 1 aliphatic rings. The SMILES string of the molecule is CC(C)C[C@H](NC(=O)[C@H](C)N)C(=O)N[C@@H](CC(C)C)C(=O)N1CCC[C@H]1C(=O)O. The van der Waals surface area contributed by atoms with E-state index in [1.54, 1.807) is 0 Å². The second-order valence-corrected chi connectivity index (χ2v) is 8.70. The van der Waals surface area contributed by atoms with Crippen molar-refractivity contribution in [2.24, 2.45) is 17.6 Å². The van der Waals surface area contributed by atoms with Gasteiger partial charge < -0.3 is 26.4 Å². The lowest BCUT2D eigenvalue weighted by Crippen LogP contribution is -2.57. The number of nitrogens with zero attached hydrogens (tertiary/aromatic N) is 1. The maximum absolute atomic E-state index is 13.0. The van der Waals surface area contributed by atoms with Crippen molar-refractivity contribution in [1.29, 1.82) is 0 Å². The highest BCUT2D eigenvalue weighted by molar-refractivity contribution is 5.94. The highest BCUT2D eigenvalue weighted by Crippen LogP contribution is 2.20. The topological polar surface area (TPSA) is 142 Å². The van der Waals surface area contributed by atoms with Gasteiger partial charge in [-0.15, -0.1) is 0 Å². The zero-order chi connectivity index (χ0) is 22.3. The van der Waals surface area contributed by atoms with Crippen LogP contribution in [0.3, 0.4) is 0 Å². The zero-order valence-electron chi connectivity index (χ0n) is 18.1. The van der Waals surface area contributed by atoms with E-state index in [9.17, 15) is 24.3 Å². The van der Waals surface area contributed by atoms with Gasteiger partial charge in [0.1, 0.15) is 18.1 Å². The van der Waals surface area contributed by atoms with Crippen molar-refractivity contribution in [3.8, 4) is 0 Å². The summed E-state index contributed by atoms with van der Waals surface area (Å²) in [6.07, 6.45) is 1.80. The molecule has 0 bridgehead atoms. The third-order valence-electron chi connectivity index (χ3n) is 4.90. The Kier molecular flexibility index (Phi) is 9.55. The van der Waals surface area contributed by atoms with Crippen LogP contribution in [0.1, 0.15) is 60.3 Å². The maximum Gasteiger partial charge on any atom is 0.326 e. The molecule has 9 nitrogen and oxygen atoms in total. The van der Waals surface area contributed by atoms with Crippen LogP contribution < -0.4 is 16.4 Å². The van der Waals surface area contributed by atoms with Crippen molar-refractivity contribution in [3.05, 3.63) is 0 Å². The molecule has 1 aliphatic heterocycles. The number of nitrogens with one attached hydrogen (secondary N) is 2. The lowest BCUT2D eigenvalue weighted by molar-refractivity contribution is -0.149. The predicted octanol–water partition coefficient (Wildman–Crippen LogP) is 0.471. The number of carbonyl (C=O) groups is 4. The summed E-state index contributed by atoms with van der Waals surface area (Å²) in [5.41, 5.74) is 5.60. The van der Waals surface area contributed by atoms with E-state index in [2.05, 4.69) is 10.6 Å². The lowest BCUT2D eigenvalue weighted by atomic mass is 9.99. The molecule has 0 aromatic carbocycles. The van der Waals surface area contributed by atoms with Gasteiger partial charge in [-0.25, -0.2) is 4.79 Å². The second kappa shape index (κ2) is 11.1. The summed E-state index contributed by atoms with van der Waals surface area (Å²) in [7, 11) is 0. The van der Waals surface area contributed by atoms with Crippen molar-refractivity contribution >= 4 is 23.7 Å². The van der Waals surface area contributed by atoms with Gasteiger partial charge >= 0.3 is 5.97 Å². The second-order valence-electron chi connectivity index (χ2n) is 8.70. The van der Waals surface area contributed by atoms with Crippen LogP contribution in [-0.4, -0.2) is 64.4 Å². The first-order valence-corrected chi connectivity index (χ1v) is 10.3. The number of hydrogen-bond donors (Lipinski definition) is 4. The molecule has 5 N–H and O–H groups in total. The molecule has 166 valence electrons. The monoisotopic (exact) mass is 412 g/mol. The van der Waals surface area contributed by atoms with E-state index in [1.807, 2.05) is 27.7 Å². The van der Waals surface area contributed by atoms with Crippen LogP contribution in [0.25, 0.3) is 0 Å². The number of amides is 3. The van der Waals surface area contributed by atoms with E-state index < -0.39 is 47.9 Å². The van der Waals surface area contributed by atoms with E-state index in [0.29, 0.717) is 32.2 Å². The fourth-order valence-electron chi connectivity index (χ4n) is 3.46. The molecule has 0 saturated carbocycles. The van der Waals surface area contributed by atoms with Crippen LogP contribution in [-0.2, 0) is 19.2 Å². The van der Waals surface area contributed by atoms with Gasteiger partial charge in [-0.2, -0.15) is 0 Å². The first kappa shape index (κ1) is 24.9. The molecule has 0 aliphatic carbocycles. The summed E-state index contributed by atoms with van der Waals surface area (Å²) < 4.78 is 0. The molecule has 0 unspecified atom stereocenters. The molecule has 0 spiro atoms. The maximum atomic E-state index is 13.0. The summed E-state index contributed by atoms with van der Waals surface area (Å²) >= 11 is 0. The number of carbonyl (C=O) groups excluding carboxylic acids is 3. The van der Waals surface area contributed by atoms with Gasteiger partial charge in [-0.05, 0) is 44.4 Å². The van der Waals surface area contributed by atoms with Crippen molar-refractivity contribution in [1.82, 2.24) is 15.5 Å². The largest absolute Gasteiger partial charge is 0.480 e. The number of hydrogen-bond acceptors (Lipinski definition) is 5. The molecule has 1 saturated heterocycles. The number of likely N-dealkylation sites (tertiary alicyclic amines) is 1. The van der Waals surface area contributed by atoms with E-state index in [-0.39, 0.29) is 11.8 Å². The summed E-state index contributed by atoms with van der Waals surface area (Å²) in [6.45, 7) is 9.60. The van der Waals surface area contributed by atoms with Crippen molar-refractivity contribution in [2.75, 3.05) is 6.54 Å². The van der Waals surface area contributed by atoms with Crippen LogP contribution in [0.15, 0.2) is 0 Å². The smallest absolute Gasteiger partial charge is 0.326 e. The van der Waals surface area contributed by atoms with Crippen LogP contribution in [0.2, 0.25) is 0 Å². The van der Waals surface area contributed by atoms with Crippen LogP contribution in [0.4, 0.5) is 0 Å². The van der Waals surface area contributed by atoms with Gasteiger partial charge in [-0.1, -0.05) is 27.7 Å². The first-order valence-electron chi connectivity index (χ1n) is 10.3. The molecule has 9 heteroatoms. The summed E-state index contributed by atoms with van der Waals surface area (Å²) in [5, 5.41) is 14.8. The normalized spacial score (nSPS) is 19.7. The predicted molar refractivity (Wildman–Crippen MR) is 109 cm³/mol. The van der Waals surface area contributed by atoms with Crippen molar-refractivity contribution < 1.29 is 24.3 Å². The average molecular weight is 413 g/mol. The Morgan fingerprint density at radius 3 is 1.97 bits per heavy atom. The van der Waals surface area contributed by atoms with Gasteiger partial charge in [0.05, 0.1) is 6.04 Å². The van der Waals surface area contributed by atoms with Crippen LogP contribution >= 0.6 is 0 Å². The summed E-state index contributed by atoms with van der Waals surface area (Å²) in [5.74, 6) is -2.09. The van der Waals surface area contributed by atoms with E-state index >= 15 is 0 Å². The Morgan fingerprint density at radius 2 is 1.48 bits per heavy atom. The van der Waals surface area contributed by atoms with Crippen molar-refractivity contribution in [3.63, 3.8) is 0 Å². The molecule has 0 aromatic heterocycles. The highest BCUT2D eigenvalue weighted by atomic mass is 16.4. The van der Waals surface area contributed by atoms with E-state index in [0.717, 1.165) is 0 Å². The quantitative estimate of drug-likeness (QED) is 0.411. The lowest BCUT2D eigenvalue weighted by Gasteiger charge is -2.30. The first-order chi connectivity index (χ1) is 13.4. The number of rotatable bonds is 10. The van der Waals surface area contributed by atoms with Gasteiger partial charge in [0.15, 0.2) is 0 Å². The molecule has 3 amide bonds. The van der Waals surface area contributed by atoms with Gasteiger partial charge in [-0.3, -0.25) is 14.4 Å². The Labute approximate surface area is 172 Å². The van der Waals surface area contributed by atoms with Gasteiger partial charge in [0.2, 0.25) is 17.7 Å². The number of aliphatic carboxylic acids is 1. The number of nitrogens with two attached hydrogens (primary N) is 1. The van der Waals surface area contributed by atoms with E-state index in [4.69, 9.17) is 5.73 Å². The Morgan fingerprint density at radius 1 is 0.966 bits per heavy atom. The summed E-state index contributed by atoms with van der Waals surface area (Å²) in [4.78, 5) is 50.8. The Balaban J connectivity index is 2.98. The van der Waals surface area contributed by atoms with Gasteiger partial charge in [0, 0.05) is 6.54 Å². The minimum absolute atomic E-state index is 0.109.